The molecule has 2 rings (SSSR count). The number of ether oxygens (including phenoxy) is 2. The number of aromatic nitrogens is 1. The fourth-order valence-electron chi connectivity index (χ4n) is 1.44. The van der Waals surface area contributed by atoms with Gasteiger partial charge >= 0.3 is 0 Å². The summed E-state index contributed by atoms with van der Waals surface area (Å²) in [5, 5.41) is 0. The van der Waals surface area contributed by atoms with Gasteiger partial charge < -0.3 is 9.47 Å². The Morgan fingerprint density at radius 1 is 1.18 bits per heavy atom. The van der Waals surface area contributed by atoms with Crippen molar-refractivity contribution in [3.8, 4) is 11.5 Å². The van der Waals surface area contributed by atoms with Crippen LogP contribution in [0.5, 0.6) is 11.5 Å². The Morgan fingerprint density at radius 3 is 2.65 bits per heavy atom. The van der Waals surface area contributed by atoms with E-state index in [-0.39, 0.29) is 0 Å². The molecule has 0 spiro atoms. The van der Waals surface area contributed by atoms with Crippen molar-refractivity contribution in [1.29, 1.82) is 0 Å². The first-order valence-electron chi connectivity index (χ1n) is 5.15. The quantitative estimate of drug-likeness (QED) is 0.865. The maximum absolute atomic E-state index is 5.68. The van der Waals surface area contributed by atoms with Gasteiger partial charge in [0.2, 0.25) is 0 Å². The summed E-state index contributed by atoms with van der Waals surface area (Å²) in [6.07, 6.45) is 3.32. The first kappa shape index (κ1) is 11.9. The van der Waals surface area contributed by atoms with Crippen molar-refractivity contribution in [2.45, 2.75) is 6.61 Å². The molecule has 0 aliphatic heterocycles. The SMILES string of the molecule is COc1c(Br)cncc1OCc1ccccc1. The number of benzene rings is 1. The van der Waals surface area contributed by atoms with Gasteiger partial charge in [0.25, 0.3) is 0 Å². The smallest absolute Gasteiger partial charge is 0.181 e. The highest BCUT2D eigenvalue weighted by Gasteiger charge is 2.08. The zero-order valence-electron chi connectivity index (χ0n) is 9.39. The average Bonchev–Trinajstić information content (AvgIpc) is 2.37. The minimum Gasteiger partial charge on any atom is -0.492 e. The molecule has 0 aliphatic rings. The maximum atomic E-state index is 5.68. The largest absolute Gasteiger partial charge is 0.492 e. The lowest BCUT2D eigenvalue weighted by atomic mass is 10.2. The van der Waals surface area contributed by atoms with Gasteiger partial charge in [0.1, 0.15) is 6.61 Å². The number of rotatable bonds is 4. The molecular formula is C13H12BrNO2. The Hall–Kier alpha value is -1.55. The fraction of sp³-hybridized carbons (Fsp3) is 0.154. The number of methoxy groups -OCH3 is 1. The van der Waals surface area contributed by atoms with E-state index < -0.39 is 0 Å². The highest BCUT2D eigenvalue weighted by Crippen LogP contribution is 2.33. The number of hydrogen-bond donors (Lipinski definition) is 0. The molecule has 1 aromatic heterocycles. The number of pyridine rings is 1. The lowest BCUT2D eigenvalue weighted by Crippen LogP contribution is -1.98. The third kappa shape index (κ3) is 2.97. The van der Waals surface area contributed by atoms with Gasteiger partial charge in [-0.1, -0.05) is 30.3 Å². The third-order valence-corrected chi connectivity index (χ3v) is 2.83. The Bertz CT molecular complexity index is 488. The molecule has 0 atom stereocenters. The monoisotopic (exact) mass is 293 g/mol. The second-order valence-corrected chi connectivity index (χ2v) is 4.28. The number of hydrogen-bond acceptors (Lipinski definition) is 3. The molecular weight excluding hydrogens is 282 g/mol. The third-order valence-electron chi connectivity index (χ3n) is 2.26. The van der Waals surface area contributed by atoms with Gasteiger partial charge in [0, 0.05) is 6.20 Å². The fourth-order valence-corrected chi connectivity index (χ4v) is 1.92. The first-order valence-corrected chi connectivity index (χ1v) is 5.95. The number of nitrogens with zero attached hydrogens (tertiary/aromatic N) is 1. The summed E-state index contributed by atoms with van der Waals surface area (Å²) in [6.45, 7) is 0.495. The van der Waals surface area contributed by atoms with Crippen molar-refractivity contribution in [2.75, 3.05) is 7.11 Å². The standard InChI is InChI=1S/C13H12BrNO2/c1-16-13-11(14)7-15-8-12(13)17-9-10-5-3-2-4-6-10/h2-8H,9H2,1H3. The van der Waals surface area contributed by atoms with Crippen molar-refractivity contribution in [2.24, 2.45) is 0 Å². The lowest BCUT2D eigenvalue weighted by molar-refractivity contribution is 0.282. The van der Waals surface area contributed by atoms with E-state index in [9.17, 15) is 0 Å². The van der Waals surface area contributed by atoms with Crippen LogP contribution in [0, 0.1) is 0 Å². The van der Waals surface area contributed by atoms with Crippen molar-refractivity contribution < 1.29 is 9.47 Å². The van der Waals surface area contributed by atoms with Crippen LogP contribution in [0.2, 0.25) is 0 Å². The maximum Gasteiger partial charge on any atom is 0.181 e. The van der Waals surface area contributed by atoms with Crippen LogP contribution in [0.3, 0.4) is 0 Å². The normalized spacial score (nSPS) is 10.0. The van der Waals surface area contributed by atoms with Crippen molar-refractivity contribution in [3.05, 3.63) is 52.8 Å². The van der Waals surface area contributed by atoms with E-state index in [4.69, 9.17) is 9.47 Å². The van der Waals surface area contributed by atoms with Crippen molar-refractivity contribution >= 4 is 15.9 Å². The topological polar surface area (TPSA) is 31.4 Å². The van der Waals surface area contributed by atoms with Gasteiger partial charge in [-0.05, 0) is 21.5 Å². The second-order valence-electron chi connectivity index (χ2n) is 3.43. The molecule has 0 saturated carbocycles. The molecule has 0 unspecified atom stereocenters. The zero-order valence-corrected chi connectivity index (χ0v) is 11.0. The summed E-state index contributed by atoms with van der Waals surface area (Å²) in [5.41, 5.74) is 1.11. The van der Waals surface area contributed by atoms with E-state index in [1.54, 1.807) is 19.5 Å². The average molecular weight is 294 g/mol. The van der Waals surface area contributed by atoms with E-state index in [2.05, 4.69) is 20.9 Å². The van der Waals surface area contributed by atoms with Crippen LogP contribution in [0.1, 0.15) is 5.56 Å². The van der Waals surface area contributed by atoms with Gasteiger partial charge in [-0.3, -0.25) is 4.98 Å². The van der Waals surface area contributed by atoms with Crippen molar-refractivity contribution in [1.82, 2.24) is 4.98 Å². The van der Waals surface area contributed by atoms with Crippen LogP contribution < -0.4 is 9.47 Å². The second kappa shape index (κ2) is 5.68. The van der Waals surface area contributed by atoms with Crippen LogP contribution in [0.25, 0.3) is 0 Å². The van der Waals surface area contributed by atoms with Crippen LogP contribution in [-0.4, -0.2) is 12.1 Å². The summed E-state index contributed by atoms with van der Waals surface area (Å²) >= 11 is 3.37. The Labute approximate surface area is 109 Å². The van der Waals surface area contributed by atoms with Crippen LogP contribution in [-0.2, 0) is 6.61 Å². The minimum absolute atomic E-state index is 0.495. The molecule has 4 heteroatoms. The van der Waals surface area contributed by atoms with Gasteiger partial charge in [0.15, 0.2) is 11.5 Å². The summed E-state index contributed by atoms with van der Waals surface area (Å²) in [7, 11) is 1.61. The molecule has 1 heterocycles. The zero-order chi connectivity index (χ0) is 12.1. The Kier molecular flexibility index (Phi) is 3.98. The molecule has 0 bridgehead atoms. The van der Waals surface area contributed by atoms with E-state index in [0.717, 1.165) is 10.0 Å². The molecule has 0 N–H and O–H groups in total. The molecule has 0 radical (unpaired) electrons. The molecule has 0 saturated heterocycles. The van der Waals surface area contributed by atoms with Gasteiger partial charge in [-0.15, -0.1) is 0 Å². The molecule has 1 aromatic carbocycles. The predicted molar refractivity (Wildman–Crippen MR) is 69.3 cm³/mol. The predicted octanol–water partition coefficient (Wildman–Crippen LogP) is 3.43. The van der Waals surface area contributed by atoms with E-state index in [0.29, 0.717) is 18.1 Å². The van der Waals surface area contributed by atoms with E-state index >= 15 is 0 Å². The van der Waals surface area contributed by atoms with Gasteiger partial charge in [-0.25, -0.2) is 0 Å². The molecule has 2 aromatic rings. The molecule has 0 amide bonds. The summed E-state index contributed by atoms with van der Waals surface area (Å²) < 4.78 is 11.7. The minimum atomic E-state index is 0.495. The molecule has 88 valence electrons. The highest BCUT2D eigenvalue weighted by atomic mass is 79.9. The van der Waals surface area contributed by atoms with E-state index in [1.807, 2.05) is 30.3 Å². The summed E-state index contributed by atoms with van der Waals surface area (Å²) in [5.74, 6) is 1.29. The Morgan fingerprint density at radius 2 is 1.94 bits per heavy atom. The lowest BCUT2D eigenvalue weighted by Gasteiger charge is -2.11. The summed E-state index contributed by atoms with van der Waals surface area (Å²) in [4.78, 5) is 4.05. The first-order chi connectivity index (χ1) is 8.31. The van der Waals surface area contributed by atoms with E-state index in [1.165, 1.54) is 0 Å². The van der Waals surface area contributed by atoms with Crippen LogP contribution >= 0.6 is 15.9 Å². The molecule has 0 fully saturated rings. The number of halogens is 1. The van der Waals surface area contributed by atoms with Gasteiger partial charge in [0.05, 0.1) is 17.8 Å². The summed E-state index contributed by atoms with van der Waals surface area (Å²) in [6, 6.07) is 9.96. The Balaban J connectivity index is 2.12. The molecule has 3 nitrogen and oxygen atoms in total. The van der Waals surface area contributed by atoms with Crippen molar-refractivity contribution in [3.63, 3.8) is 0 Å². The van der Waals surface area contributed by atoms with Gasteiger partial charge in [-0.2, -0.15) is 0 Å². The molecule has 17 heavy (non-hydrogen) atoms. The van der Waals surface area contributed by atoms with Crippen LogP contribution in [0.15, 0.2) is 47.2 Å². The highest BCUT2D eigenvalue weighted by molar-refractivity contribution is 9.10. The van der Waals surface area contributed by atoms with Crippen LogP contribution in [0.4, 0.5) is 0 Å². The molecule has 0 aliphatic carbocycles.